The molecule has 0 amide bonds. The second kappa shape index (κ2) is 7.25. The monoisotopic (exact) mass is 284 g/mol. The molecule has 0 radical (unpaired) electrons. The summed E-state index contributed by atoms with van der Waals surface area (Å²) in [5, 5.41) is 14.5. The molecule has 3 nitrogen and oxygen atoms in total. The molecular formula is C15H25ClN2O. The molecule has 0 aromatic heterocycles. The summed E-state index contributed by atoms with van der Waals surface area (Å²) >= 11 is 6.02. The van der Waals surface area contributed by atoms with E-state index in [0.29, 0.717) is 13.1 Å². The highest BCUT2D eigenvalue weighted by Gasteiger charge is 2.22. The van der Waals surface area contributed by atoms with Crippen LogP contribution in [0.15, 0.2) is 24.3 Å². The van der Waals surface area contributed by atoms with E-state index < -0.39 is 5.60 Å². The predicted octanol–water partition coefficient (Wildman–Crippen LogP) is 2.69. The topological polar surface area (TPSA) is 35.5 Å². The van der Waals surface area contributed by atoms with Crippen LogP contribution in [-0.4, -0.2) is 42.8 Å². The minimum Gasteiger partial charge on any atom is -0.388 e. The van der Waals surface area contributed by atoms with Gasteiger partial charge in [-0.25, -0.2) is 0 Å². The van der Waals surface area contributed by atoms with Gasteiger partial charge in [-0.05, 0) is 45.1 Å². The van der Waals surface area contributed by atoms with Gasteiger partial charge in [0.15, 0.2) is 0 Å². The third-order valence-corrected chi connectivity index (χ3v) is 3.28. The Balaban J connectivity index is 2.63. The van der Waals surface area contributed by atoms with E-state index in [9.17, 15) is 5.11 Å². The van der Waals surface area contributed by atoms with Crippen LogP contribution in [0.2, 0.25) is 5.02 Å². The van der Waals surface area contributed by atoms with Gasteiger partial charge in [-0.2, -0.15) is 0 Å². The fraction of sp³-hybridized carbons (Fsp3) is 0.600. The smallest absolute Gasteiger partial charge is 0.0869 e. The average Bonchev–Trinajstić information content (AvgIpc) is 2.28. The average molecular weight is 285 g/mol. The minimum atomic E-state index is -0.741. The maximum Gasteiger partial charge on any atom is 0.0869 e. The Bertz CT molecular complexity index is 393. The number of rotatable bonds is 7. The second-order valence-corrected chi connectivity index (χ2v) is 6.07. The standard InChI is InChI=1S/C15H25ClN2O/c1-5-14(12-7-6-8-13(16)9-12)17-10-15(2,19)11-18(3)4/h6-9,14,17,19H,5,10-11H2,1-4H3. The largest absolute Gasteiger partial charge is 0.388 e. The van der Waals surface area contributed by atoms with Gasteiger partial charge in [-0.3, -0.25) is 0 Å². The van der Waals surface area contributed by atoms with Crippen molar-refractivity contribution in [3.05, 3.63) is 34.9 Å². The predicted molar refractivity (Wildman–Crippen MR) is 81.7 cm³/mol. The number of aliphatic hydroxyl groups is 1. The van der Waals surface area contributed by atoms with Crippen molar-refractivity contribution < 1.29 is 5.11 Å². The molecule has 0 aliphatic carbocycles. The summed E-state index contributed by atoms with van der Waals surface area (Å²) in [6.45, 7) is 5.16. The van der Waals surface area contributed by atoms with Gasteiger partial charge in [-0.1, -0.05) is 30.7 Å². The summed E-state index contributed by atoms with van der Waals surface area (Å²) < 4.78 is 0. The van der Waals surface area contributed by atoms with Crippen molar-refractivity contribution in [2.45, 2.75) is 31.9 Å². The zero-order valence-electron chi connectivity index (χ0n) is 12.3. The third-order valence-electron chi connectivity index (χ3n) is 3.05. The van der Waals surface area contributed by atoms with Crippen molar-refractivity contribution in [3.63, 3.8) is 0 Å². The first-order valence-electron chi connectivity index (χ1n) is 6.70. The SMILES string of the molecule is CCC(NCC(C)(O)CN(C)C)c1cccc(Cl)c1. The van der Waals surface area contributed by atoms with E-state index in [1.165, 1.54) is 0 Å². The number of halogens is 1. The van der Waals surface area contributed by atoms with Crippen LogP contribution >= 0.6 is 11.6 Å². The normalized spacial score (nSPS) is 16.4. The summed E-state index contributed by atoms with van der Waals surface area (Å²) in [6.07, 6.45) is 0.957. The Morgan fingerprint density at radius 2 is 2.11 bits per heavy atom. The van der Waals surface area contributed by atoms with E-state index in [0.717, 1.165) is 17.0 Å². The highest BCUT2D eigenvalue weighted by atomic mass is 35.5. The van der Waals surface area contributed by atoms with Crippen molar-refractivity contribution in [3.8, 4) is 0 Å². The Kier molecular flexibility index (Phi) is 6.27. The summed E-state index contributed by atoms with van der Waals surface area (Å²) in [4.78, 5) is 1.99. The van der Waals surface area contributed by atoms with E-state index in [-0.39, 0.29) is 6.04 Å². The highest BCUT2D eigenvalue weighted by Crippen LogP contribution is 2.20. The molecule has 2 unspecified atom stereocenters. The van der Waals surface area contributed by atoms with Crippen LogP contribution in [0.5, 0.6) is 0 Å². The highest BCUT2D eigenvalue weighted by molar-refractivity contribution is 6.30. The van der Waals surface area contributed by atoms with Crippen molar-refractivity contribution in [2.24, 2.45) is 0 Å². The van der Waals surface area contributed by atoms with Crippen molar-refractivity contribution in [1.82, 2.24) is 10.2 Å². The van der Waals surface area contributed by atoms with E-state index in [4.69, 9.17) is 11.6 Å². The molecule has 0 aliphatic rings. The Morgan fingerprint density at radius 1 is 1.42 bits per heavy atom. The zero-order chi connectivity index (χ0) is 14.5. The molecule has 0 aliphatic heterocycles. The van der Waals surface area contributed by atoms with E-state index in [1.807, 2.05) is 44.1 Å². The zero-order valence-corrected chi connectivity index (χ0v) is 13.0. The van der Waals surface area contributed by atoms with Gasteiger partial charge in [0.05, 0.1) is 5.60 Å². The van der Waals surface area contributed by atoms with E-state index in [1.54, 1.807) is 0 Å². The molecule has 0 heterocycles. The van der Waals surface area contributed by atoms with E-state index >= 15 is 0 Å². The van der Waals surface area contributed by atoms with Gasteiger partial charge < -0.3 is 15.3 Å². The Hall–Kier alpha value is -0.610. The molecule has 2 atom stereocenters. The number of hydrogen-bond donors (Lipinski definition) is 2. The van der Waals surface area contributed by atoms with Gasteiger partial charge in [0.25, 0.3) is 0 Å². The fourth-order valence-corrected chi connectivity index (χ4v) is 2.50. The molecule has 2 N–H and O–H groups in total. The number of nitrogens with zero attached hydrogens (tertiary/aromatic N) is 1. The number of likely N-dealkylation sites (N-methyl/N-ethyl adjacent to an activating group) is 1. The Labute approximate surface area is 121 Å². The lowest BCUT2D eigenvalue weighted by Gasteiger charge is -2.29. The van der Waals surface area contributed by atoms with Crippen molar-refractivity contribution in [1.29, 1.82) is 0 Å². The minimum absolute atomic E-state index is 0.215. The maximum atomic E-state index is 10.3. The lowest BCUT2D eigenvalue weighted by Crippen LogP contribution is -2.46. The molecule has 4 heteroatoms. The summed E-state index contributed by atoms with van der Waals surface area (Å²) in [5.41, 5.74) is 0.422. The second-order valence-electron chi connectivity index (χ2n) is 5.63. The van der Waals surface area contributed by atoms with Gasteiger partial charge in [0.2, 0.25) is 0 Å². The van der Waals surface area contributed by atoms with Crippen LogP contribution in [0, 0.1) is 0 Å². The first-order chi connectivity index (χ1) is 8.84. The molecule has 0 bridgehead atoms. The molecule has 1 rings (SSSR count). The van der Waals surface area contributed by atoms with Crippen LogP contribution in [0.3, 0.4) is 0 Å². The van der Waals surface area contributed by atoms with Crippen LogP contribution < -0.4 is 5.32 Å². The van der Waals surface area contributed by atoms with Gasteiger partial charge in [0.1, 0.15) is 0 Å². The van der Waals surface area contributed by atoms with Crippen molar-refractivity contribution in [2.75, 3.05) is 27.2 Å². The molecule has 1 aromatic carbocycles. The fourth-order valence-electron chi connectivity index (χ4n) is 2.30. The number of nitrogens with one attached hydrogen (secondary N) is 1. The van der Waals surface area contributed by atoms with Crippen LogP contribution in [0.4, 0.5) is 0 Å². The number of benzene rings is 1. The molecule has 0 saturated heterocycles. The van der Waals surface area contributed by atoms with Gasteiger partial charge >= 0.3 is 0 Å². The molecule has 19 heavy (non-hydrogen) atoms. The lowest BCUT2D eigenvalue weighted by molar-refractivity contribution is 0.0311. The van der Waals surface area contributed by atoms with Crippen LogP contribution in [0.1, 0.15) is 31.9 Å². The maximum absolute atomic E-state index is 10.3. The molecule has 0 fully saturated rings. The molecular weight excluding hydrogens is 260 g/mol. The summed E-state index contributed by atoms with van der Waals surface area (Å²) in [5.74, 6) is 0. The van der Waals surface area contributed by atoms with Crippen LogP contribution in [0.25, 0.3) is 0 Å². The third kappa shape index (κ3) is 5.91. The number of hydrogen-bond acceptors (Lipinski definition) is 3. The summed E-state index contributed by atoms with van der Waals surface area (Å²) in [7, 11) is 3.92. The summed E-state index contributed by atoms with van der Waals surface area (Å²) in [6, 6.07) is 8.09. The Morgan fingerprint density at radius 3 is 2.63 bits per heavy atom. The molecule has 0 saturated carbocycles. The molecule has 0 spiro atoms. The van der Waals surface area contributed by atoms with Crippen LogP contribution in [-0.2, 0) is 0 Å². The molecule has 108 valence electrons. The van der Waals surface area contributed by atoms with Crippen molar-refractivity contribution >= 4 is 11.6 Å². The first kappa shape index (κ1) is 16.4. The van der Waals surface area contributed by atoms with E-state index in [2.05, 4.69) is 18.3 Å². The van der Waals surface area contributed by atoms with Gasteiger partial charge in [-0.15, -0.1) is 0 Å². The first-order valence-corrected chi connectivity index (χ1v) is 7.08. The van der Waals surface area contributed by atoms with Gasteiger partial charge in [0, 0.05) is 24.2 Å². The lowest BCUT2D eigenvalue weighted by atomic mass is 10.0. The quantitative estimate of drug-likeness (QED) is 0.808. The molecule has 1 aromatic rings.